The summed E-state index contributed by atoms with van der Waals surface area (Å²) in [7, 11) is 0. The zero-order chi connectivity index (χ0) is 44.4. The lowest BCUT2D eigenvalue weighted by Crippen LogP contribution is -2.64. The molecule has 346 valence electrons. The second-order valence-corrected chi connectivity index (χ2v) is 13.6. The summed E-state index contributed by atoms with van der Waals surface area (Å²) in [6.45, 7) is -5.12. The molecule has 0 amide bonds. The monoisotopic (exact) mass is 866 g/mol. The zero-order valence-electron chi connectivity index (χ0n) is 30.4. The molecule has 0 unspecified atom stereocenters. The Kier molecular flexibility index (Phi) is 21.9. The first-order valence-electron chi connectivity index (χ1n) is 17.6. The molecule has 0 aromatic rings. The molecule has 0 spiro atoms. The minimum absolute atomic E-state index is 0.667. The normalized spacial score (nSPS) is 45.2. The van der Waals surface area contributed by atoms with E-state index in [1.54, 1.807) is 0 Å². The van der Waals surface area contributed by atoms with Gasteiger partial charge in [0.05, 0.1) is 39.6 Å². The van der Waals surface area contributed by atoms with Crippen molar-refractivity contribution in [3.05, 3.63) is 0 Å². The Morgan fingerprint density at radius 1 is 0.448 bits per heavy atom. The molecule has 28 heteroatoms. The van der Waals surface area contributed by atoms with Gasteiger partial charge in [-0.15, -0.1) is 0 Å². The molecule has 0 bridgehead atoms. The fraction of sp³-hybridized carbons (Fsp3) is 1.00. The second kappa shape index (κ2) is 23.9. The van der Waals surface area contributed by atoms with Crippen LogP contribution in [0.1, 0.15) is 0 Å². The van der Waals surface area contributed by atoms with Gasteiger partial charge >= 0.3 is 0 Å². The van der Waals surface area contributed by atoms with Gasteiger partial charge in [-0.1, -0.05) is 0 Å². The summed E-state index contributed by atoms with van der Waals surface area (Å²) in [5, 5.41) is 205. The summed E-state index contributed by atoms with van der Waals surface area (Å²) >= 11 is 0. The standard InChI is InChI=1S/2C12H22O11.C6H14O6/c13-1-4-6(16)8(18)9(19)11(21-4)23-12(3-15)10(20)7(17)5(2-14)22-12;13-1-3-5(15)6(16)9(19)12(22-3)23-10-4(2-14)21-11(20)8(18)7(10)17;7-1-3(9)5(11)6(12)4(10)2-8/h4-11,13-20H,1-3H2;3-20H,1-2H2;3-12H,1-2H2/t4-,5-,6-,7-,8+,9-,10+,11-,12+;3-,4-,5+,6+,7-,8-,9-,10-,11-,12+;3-,4+,5-,6-/m111/s1. The van der Waals surface area contributed by atoms with E-state index in [2.05, 4.69) is 0 Å². The number of ether oxygens (including phenoxy) is 6. The Labute approximate surface area is 327 Å². The Morgan fingerprint density at radius 2 is 0.879 bits per heavy atom. The van der Waals surface area contributed by atoms with Crippen molar-refractivity contribution in [2.24, 2.45) is 0 Å². The molecule has 0 radical (unpaired) electrons. The third kappa shape index (κ3) is 12.3. The lowest BCUT2D eigenvalue weighted by molar-refractivity contribution is -0.383. The van der Waals surface area contributed by atoms with Crippen LogP contribution in [0.3, 0.4) is 0 Å². The highest BCUT2D eigenvalue weighted by molar-refractivity contribution is 4.99. The Hall–Kier alpha value is -1.12. The van der Waals surface area contributed by atoms with Crippen molar-refractivity contribution in [1.82, 2.24) is 0 Å². The summed E-state index contributed by atoms with van der Waals surface area (Å²) in [6.07, 6.45) is -34.6. The van der Waals surface area contributed by atoms with Gasteiger partial charge in [-0.25, -0.2) is 0 Å². The van der Waals surface area contributed by atoms with Crippen LogP contribution in [0, 0.1) is 0 Å². The predicted molar refractivity (Wildman–Crippen MR) is 175 cm³/mol. The molecule has 4 aliphatic rings. The van der Waals surface area contributed by atoms with E-state index in [0.717, 1.165) is 0 Å². The first-order valence-corrected chi connectivity index (χ1v) is 17.6. The van der Waals surface area contributed by atoms with Crippen LogP contribution in [-0.4, -0.2) is 299 Å². The van der Waals surface area contributed by atoms with Crippen LogP contribution in [-0.2, 0) is 28.4 Å². The van der Waals surface area contributed by atoms with Crippen LogP contribution in [0.25, 0.3) is 0 Å². The average Bonchev–Trinajstić information content (AvgIpc) is 3.47. The quantitative estimate of drug-likeness (QED) is 0.0771. The van der Waals surface area contributed by atoms with Crippen LogP contribution in [0.4, 0.5) is 0 Å². The lowest BCUT2D eigenvalue weighted by Gasteiger charge is -2.45. The van der Waals surface area contributed by atoms with E-state index in [9.17, 15) is 66.4 Å². The van der Waals surface area contributed by atoms with Crippen LogP contribution < -0.4 is 0 Å². The van der Waals surface area contributed by atoms with E-state index in [4.69, 9.17) is 74.4 Å². The zero-order valence-corrected chi connectivity index (χ0v) is 30.4. The minimum Gasteiger partial charge on any atom is -0.394 e. The molecule has 58 heavy (non-hydrogen) atoms. The van der Waals surface area contributed by atoms with Gasteiger partial charge < -0.3 is 141 Å². The van der Waals surface area contributed by atoms with Gasteiger partial charge in [-0.05, 0) is 0 Å². The minimum atomic E-state index is -2.22. The topological polar surface area (TPSA) is 500 Å². The summed E-state index contributed by atoms with van der Waals surface area (Å²) in [5.74, 6) is -2.22. The molecule has 0 aromatic carbocycles. The first kappa shape index (κ1) is 53.0. The molecule has 4 rings (SSSR count). The fourth-order valence-electron chi connectivity index (χ4n) is 5.87. The van der Waals surface area contributed by atoms with E-state index in [-0.39, 0.29) is 0 Å². The molecule has 4 aliphatic heterocycles. The molecule has 4 saturated heterocycles. The molecule has 4 heterocycles. The molecule has 22 N–H and O–H groups in total. The van der Waals surface area contributed by atoms with Gasteiger partial charge in [0.25, 0.3) is 0 Å². The smallest absolute Gasteiger partial charge is 0.224 e. The third-order valence-corrected chi connectivity index (χ3v) is 9.56. The van der Waals surface area contributed by atoms with E-state index < -0.39 is 187 Å². The van der Waals surface area contributed by atoms with Crippen molar-refractivity contribution in [1.29, 1.82) is 0 Å². The summed E-state index contributed by atoms with van der Waals surface area (Å²) in [4.78, 5) is 0. The van der Waals surface area contributed by atoms with Gasteiger partial charge in [0.15, 0.2) is 18.9 Å². The maximum absolute atomic E-state index is 10.00. The van der Waals surface area contributed by atoms with Crippen molar-refractivity contribution >= 4 is 0 Å². The highest BCUT2D eigenvalue weighted by Gasteiger charge is 2.58. The molecular weight excluding hydrogens is 808 g/mol. The molecule has 0 aliphatic carbocycles. The summed E-state index contributed by atoms with van der Waals surface area (Å²) in [5.41, 5.74) is 0. The van der Waals surface area contributed by atoms with Crippen molar-refractivity contribution in [3.8, 4) is 0 Å². The van der Waals surface area contributed by atoms with Crippen molar-refractivity contribution in [2.45, 2.75) is 141 Å². The van der Waals surface area contributed by atoms with Gasteiger partial charge in [0.1, 0.15) is 123 Å². The van der Waals surface area contributed by atoms with E-state index in [1.165, 1.54) is 0 Å². The van der Waals surface area contributed by atoms with Crippen LogP contribution >= 0.6 is 0 Å². The van der Waals surface area contributed by atoms with Crippen molar-refractivity contribution in [3.63, 3.8) is 0 Å². The average molecular weight is 867 g/mol. The second-order valence-electron chi connectivity index (χ2n) is 13.6. The largest absolute Gasteiger partial charge is 0.394 e. The summed E-state index contributed by atoms with van der Waals surface area (Å²) < 4.78 is 30.7. The molecule has 4 fully saturated rings. The predicted octanol–water partition coefficient (Wildman–Crippen LogP) is -14.4. The highest BCUT2D eigenvalue weighted by atomic mass is 16.8. The van der Waals surface area contributed by atoms with Crippen LogP contribution in [0.15, 0.2) is 0 Å². The van der Waals surface area contributed by atoms with Crippen LogP contribution in [0.2, 0.25) is 0 Å². The van der Waals surface area contributed by atoms with E-state index in [1.807, 2.05) is 0 Å². The number of hydrogen-bond donors (Lipinski definition) is 22. The van der Waals surface area contributed by atoms with Gasteiger partial charge in [0, 0.05) is 0 Å². The first-order chi connectivity index (χ1) is 27.2. The van der Waals surface area contributed by atoms with Gasteiger partial charge in [0.2, 0.25) is 5.79 Å². The Balaban J connectivity index is 0.000000317. The highest BCUT2D eigenvalue weighted by Crippen LogP contribution is 2.36. The SMILES string of the molecule is OC[C@@H](O)[C@@H](O)[C@H](O)[C@@H](O)CO.OC[C@H]1O[C@@H](O[C@H]2[C@H](O)[C@@H](O)[C@H](O)O[C@@H]2CO)[C@H](O)[C@@H](O)[C@H]1O.OC[C@H]1O[C@@](CO)(O[C@H]2O[C@H](CO)[C@@H](O)[C@H](O)[C@H]2O)[C@@H](O)[C@@H]1O. The van der Waals surface area contributed by atoms with Gasteiger partial charge in [-0.2, -0.15) is 0 Å². The number of aliphatic hydroxyl groups excluding tert-OH is 22. The number of rotatable bonds is 14. The number of aliphatic hydroxyl groups is 22. The molecule has 0 saturated carbocycles. The Morgan fingerprint density at radius 3 is 1.28 bits per heavy atom. The third-order valence-electron chi connectivity index (χ3n) is 9.56. The van der Waals surface area contributed by atoms with E-state index in [0.29, 0.717) is 0 Å². The molecule has 23 atom stereocenters. The molecule has 28 nitrogen and oxygen atoms in total. The van der Waals surface area contributed by atoms with Crippen LogP contribution in [0.5, 0.6) is 0 Å². The lowest BCUT2D eigenvalue weighted by atomic mass is 9.97. The molecule has 0 aromatic heterocycles. The summed E-state index contributed by atoms with van der Waals surface area (Å²) in [6, 6.07) is 0. The molecular formula is C30H58O28. The Bertz CT molecular complexity index is 1130. The van der Waals surface area contributed by atoms with Crippen molar-refractivity contribution < 1.29 is 141 Å². The number of hydrogen-bond acceptors (Lipinski definition) is 28. The van der Waals surface area contributed by atoms with Crippen molar-refractivity contribution in [2.75, 3.05) is 46.2 Å². The maximum atomic E-state index is 10.00. The van der Waals surface area contributed by atoms with Gasteiger partial charge in [-0.3, -0.25) is 0 Å². The fourth-order valence-corrected chi connectivity index (χ4v) is 5.87. The van der Waals surface area contributed by atoms with E-state index >= 15 is 0 Å². The maximum Gasteiger partial charge on any atom is 0.224 e.